The predicted octanol–water partition coefficient (Wildman–Crippen LogP) is 4.07. The van der Waals surface area contributed by atoms with E-state index in [1.165, 1.54) is 19.2 Å². The second-order valence-electron chi connectivity index (χ2n) is 6.41. The van der Waals surface area contributed by atoms with Gasteiger partial charge in [-0.25, -0.2) is 14.2 Å². The Bertz CT molecular complexity index is 1020. The molecule has 0 radical (unpaired) electrons. The van der Waals surface area contributed by atoms with Crippen LogP contribution < -0.4 is 5.32 Å². The fraction of sp³-hybridized carbons (Fsp3) is 0.227. The van der Waals surface area contributed by atoms with Gasteiger partial charge in [0.05, 0.1) is 23.9 Å². The lowest BCUT2D eigenvalue weighted by Crippen LogP contribution is -2.42. The highest BCUT2D eigenvalue weighted by Gasteiger charge is 2.23. The van der Waals surface area contributed by atoms with E-state index in [0.29, 0.717) is 39.9 Å². The Hall–Kier alpha value is -2.93. The molecule has 1 N–H and O–H groups in total. The van der Waals surface area contributed by atoms with E-state index in [1.54, 1.807) is 36.0 Å². The minimum Gasteiger partial charge on any atom is -0.467 e. The van der Waals surface area contributed by atoms with E-state index in [2.05, 4.69) is 10.3 Å². The molecule has 0 spiro atoms. The second-order valence-corrected chi connectivity index (χ2v) is 7.40. The van der Waals surface area contributed by atoms with Crippen LogP contribution in [0.3, 0.4) is 0 Å². The number of hydrogen-bond donors (Lipinski definition) is 1. The molecule has 7 heteroatoms. The van der Waals surface area contributed by atoms with Crippen LogP contribution in [0.1, 0.15) is 16.8 Å². The number of thioether (sulfide) groups is 1. The van der Waals surface area contributed by atoms with Gasteiger partial charge < -0.3 is 10.1 Å². The molecule has 1 heterocycles. The molecule has 0 unspecified atom stereocenters. The molecule has 1 atom stereocenters. The number of nitrogens with one attached hydrogen (secondary N) is 1. The summed E-state index contributed by atoms with van der Waals surface area (Å²) < 4.78 is 18.1. The van der Waals surface area contributed by atoms with Crippen molar-refractivity contribution in [3.63, 3.8) is 0 Å². The summed E-state index contributed by atoms with van der Waals surface area (Å²) in [4.78, 5) is 29.8. The molecule has 0 aliphatic rings. The first kappa shape index (κ1) is 20.8. The van der Waals surface area contributed by atoms with Crippen LogP contribution in [-0.4, -0.2) is 42.0 Å². The Kier molecular flexibility index (Phi) is 6.82. The summed E-state index contributed by atoms with van der Waals surface area (Å²) in [6.45, 7) is 0. The van der Waals surface area contributed by atoms with E-state index in [9.17, 15) is 14.0 Å². The largest absolute Gasteiger partial charge is 0.467 e. The monoisotopic (exact) mass is 412 g/mol. The number of aromatic nitrogens is 1. The standard InChI is InChI=1S/C22H21FN2O3S/c1-28-22(27)19(11-12-29-2)25-21(26)17-13-20(14-7-9-15(23)10-8-14)24-18-6-4-3-5-16(17)18/h3-10,13,19H,11-12H2,1-2H3,(H,25,26)/t19-/m0/s1. The van der Waals surface area contributed by atoms with Gasteiger partial charge in [-0.3, -0.25) is 4.79 Å². The number of benzene rings is 2. The zero-order valence-corrected chi connectivity index (χ0v) is 17.0. The maximum atomic E-state index is 13.3. The van der Waals surface area contributed by atoms with Crippen molar-refractivity contribution in [3.8, 4) is 11.3 Å². The van der Waals surface area contributed by atoms with Gasteiger partial charge in [0.25, 0.3) is 5.91 Å². The fourth-order valence-corrected chi connectivity index (χ4v) is 3.47. The Morgan fingerprint density at radius 2 is 1.90 bits per heavy atom. The number of hydrogen-bond acceptors (Lipinski definition) is 5. The number of carbonyl (C=O) groups is 2. The van der Waals surface area contributed by atoms with E-state index < -0.39 is 12.0 Å². The lowest BCUT2D eigenvalue weighted by molar-refractivity contribution is -0.142. The van der Waals surface area contributed by atoms with Crippen molar-refractivity contribution in [2.45, 2.75) is 12.5 Å². The van der Waals surface area contributed by atoms with Gasteiger partial charge in [0.1, 0.15) is 11.9 Å². The number of ether oxygens (including phenoxy) is 1. The molecule has 0 aliphatic heterocycles. The molecule has 0 fully saturated rings. The first-order chi connectivity index (χ1) is 14.0. The minimum absolute atomic E-state index is 0.345. The van der Waals surface area contributed by atoms with Crippen molar-refractivity contribution in [1.82, 2.24) is 10.3 Å². The van der Waals surface area contributed by atoms with Crippen LogP contribution >= 0.6 is 11.8 Å². The molecular weight excluding hydrogens is 391 g/mol. The molecule has 150 valence electrons. The van der Waals surface area contributed by atoms with Gasteiger partial charge in [-0.15, -0.1) is 0 Å². The number of para-hydroxylation sites is 1. The minimum atomic E-state index is -0.735. The maximum absolute atomic E-state index is 13.3. The third kappa shape index (κ3) is 4.92. The molecule has 3 aromatic rings. The van der Waals surface area contributed by atoms with Crippen LogP contribution in [0, 0.1) is 5.82 Å². The number of halogens is 1. The molecule has 1 aromatic heterocycles. The summed E-state index contributed by atoms with van der Waals surface area (Å²) in [6, 6.07) is 14.1. The molecule has 1 amide bonds. The van der Waals surface area contributed by atoms with Crippen LogP contribution in [0.25, 0.3) is 22.2 Å². The summed E-state index contributed by atoms with van der Waals surface area (Å²) in [7, 11) is 1.30. The summed E-state index contributed by atoms with van der Waals surface area (Å²) in [5, 5.41) is 3.45. The molecule has 2 aromatic carbocycles. The molecule has 0 saturated carbocycles. The van der Waals surface area contributed by atoms with Crippen molar-refractivity contribution < 1.29 is 18.7 Å². The summed E-state index contributed by atoms with van der Waals surface area (Å²) in [5.41, 5.74) is 2.27. The van der Waals surface area contributed by atoms with Gasteiger partial charge in [0, 0.05) is 10.9 Å². The number of esters is 1. The van der Waals surface area contributed by atoms with Crippen LogP contribution in [-0.2, 0) is 9.53 Å². The van der Waals surface area contributed by atoms with Gasteiger partial charge in [-0.1, -0.05) is 18.2 Å². The maximum Gasteiger partial charge on any atom is 0.328 e. The number of methoxy groups -OCH3 is 1. The zero-order chi connectivity index (χ0) is 20.8. The Balaban J connectivity index is 2.01. The van der Waals surface area contributed by atoms with E-state index in [-0.39, 0.29) is 11.7 Å². The molecule has 0 aliphatic carbocycles. The SMILES string of the molecule is COC(=O)[C@H](CCSC)NC(=O)c1cc(-c2ccc(F)cc2)nc2ccccc12. The molecule has 29 heavy (non-hydrogen) atoms. The number of carbonyl (C=O) groups excluding carboxylic acids is 2. The smallest absolute Gasteiger partial charge is 0.328 e. The molecule has 3 rings (SSSR count). The van der Waals surface area contributed by atoms with Crippen LogP contribution in [0.4, 0.5) is 4.39 Å². The Morgan fingerprint density at radius 1 is 1.17 bits per heavy atom. The van der Waals surface area contributed by atoms with Crippen LogP contribution in [0.15, 0.2) is 54.6 Å². The molecule has 5 nitrogen and oxygen atoms in total. The quantitative estimate of drug-likeness (QED) is 0.593. The van der Waals surface area contributed by atoms with Crippen LogP contribution in [0.2, 0.25) is 0 Å². The van der Waals surface area contributed by atoms with E-state index in [4.69, 9.17) is 4.74 Å². The summed E-state index contributed by atoms with van der Waals surface area (Å²) in [6.07, 6.45) is 2.40. The lowest BCUT2D eigenvalue weighted by atomic mass is 10.0. The first-order valence-corrected chi connectivity index (χ1v) is 10.5. The highest BCUT2D eigenvalue weighted by molar-refractivity contribution is 7.98. The van der Waals surface area contributed by atoms with Crippen molar-refractivity contribution >= 4 is 34.5 Å². The number of rotatable bonds is 7. The van der Waals surface area contributed by atoms with Crippen molar-refractivity contribution in [1.29, 1.82) is 0 Å². The topological polar surface area (TPSA) is 68.3 Å². The highest BCUT2D eigenvalue weighted by atomic mass is 32.2. The first-order valence-electron chi connectivity index (χ1n) is 9.07. The Labute approximate surface area is 172 Å². The zero-order valence-electron chi connectivity index (χ0n) is 16.1. The molecule has 0 bridgehead atoms. The van der Waals surface area contributed by atoms with Crippen molar-refractivity contribution in [2.24, 2.45) is 0 Å². The highest BCUT2D eigenvalue weighted by Crippen LogP contribution is 2.25. The van der Waals surface area contributed by atoms with Gasteiger partial charge >= 0.3 is 5.97 Å². The second kappa shape index (κ2) is 9.52. The van der Waals surface area contributed by atoms with E-state index in [1.807, 2.05) is 24.5 Å². The molecular formula is C22H21FN2O3S. The van der Waals surface area contributed by atoms with Crippen molar-refractivity contribution in [3.05, 3.63) is 66.0 Å². The number of nitrogens with zero attached hydrogens (tertiary/aromatic N) is 1. The number of pyridine rings is 1. The van der Waals surface area contributed by atoms with E-state index in [0.717, 1.165) is 0 Å². The van der Waals surface area contributed by atoms with Crippen molar-refractivity contribution in [2.75, 3.05) is 19.1 Å². The lowest BCUT2D eigenvalue weighted by Gasteiger charge is -2.17. The average molecular weight is 412 g/mol. The number of amides is 1. The third-order valence-electron chi connectivity index (χ3n) is 4.50. The number of fused-ring (bicyclic) bond motifs is 1. The summed E-state index contributed by atoms with van der Waals surface area (Å²) >= 11 is 1.58. The van der Waals surface area contributed by atoms with Gasteiger partial charge in [-0.05, 0) is 54.8 Å². The van der Waals surface area contributed by atoms with Gasteiger partial charge in [0.2, 0.25) is 0 Å². The van der Waals surface area contributed by atoms with E-state index >= 15 is 0 Å². The average Bonchev–Trinajstić information content (AvgIpc) is 2.75. The summed E-state index contributed by atoms with van der Waals surface area (Å²) in [5.74, 6) is -0.506. The predicted molar refractivity (Wildman–Crippen MR) is 113 cm³/mol. The van der Waals surface area contributed by atoms with Gasteiger partial charge in [-0.2, -0.15) is 11.8 Å². The van der Waals surface area contributed by atoms with Crippen LogP contribution in [0.5, 0.6) is 0 Å². The normalized spacial score (nSPS) is 11.8. The molecule has 0 saturated heterocycles. The van der Waals surface area contributed by atoms with Gasteiger partial charge in [0.15, 0.2) is 0 Å². The fourth-order valence-electron chi connectivity index (χ4n) is 2.99. The third-order valence-corrected chi connectivity index (χ3v) is 5.15. The Morgan fingerprint density at radius 3 is 2.59 bits per heavy atom.